The monoisotopic (exact) mass is 370 g/mol. The molecule has 1 atom stereocenters. The summed E-state index contributed by atoms with van der Waals surface area (Å²) in [5.74, 6) is 0. The molecule has 0 radical (unpaired) electrons. The molecule has 1 unspecified atom stereocenters. The summed E-state index contributed by atoms with van der Waals surface area (Å²) >= 11 is 1.41. The molecule has 0 aliphatic rings. The fraction of sp³-hybridized carbons (Fsp3) is 0.688. The van der Waals surface area contributed by atoms with Crippen LogP contribution in [-0.4, -0.2) is 42.8 Å². The third kappa shape index (κ3) is 4.16. The van der Waals surface area contributed by atoms with Crippen molar-refractivity contribution in [1.82, 2.24) is 18.7 Å². The van der Waals surface area contributed by atoms with Crippen molar-refractivity contribution in [3.05, 3.63) is 20.8 Å². The number of imidazole rings is 1. The second kappa shape index (κ2) is 8.68. The molecule has 2 aromatic heterocycles. The van der Waals surface area contributed by atoms with E-state index in [4.69, 9.17) is 4.74 Å². The van der Waals surface area contributed by atoms with Crippen molar-refractivity contribution in [3.8, 4) is 0 Å². The van der Waals surface area contributed by atoms with E-state index in [9.17, 15) is 14.7 Å². The maximum absolute atomic E-state index is 12.9. The minimum Gasteiger partial charge on any atom is -0.393 e. The van der Waals surface area contributed by atoms with Crippen molar-refractivity contribution in [1.29, 1.82) is 0 Å². The van der Waals surface area contributed by atoms with E-state index in [1.165, 1.54) is 20.9 Å². The smallest absolute Gasteiger partial charge is 0.332 e. The van der Waals surface area contributed by atoms with Crippen molar-refractivity contribution in [2.24, 2.45) is 7.05 Å². The van der Waals surface area contributed by atoms with Gasteiger partial charge in [-0.2, -0.15) is 0 Å². The van der Waals surface area contributed by atoms with Gasteiger partial charge >= 0.3 is 5.69 Å². The van der Waals surface area contributed by atoms with Gasteiger partial charge in [0.1, 0.15) is 6.73 Å². The van der Waals surface area contributed by atoms with Crippen LogP contribution in [0, 0.1) is 0 Å². The molecule has 0 aliphatic carbocycles. The van der Waals surface area contributed by atoms with E-state index >= 15 is 0 Å². The number of thioether (sulfide) groups is 1. The number of hydrogen-bond donors (Lipinski definition) is 1. The molecule has 8 nitrogen and oxygen atoms in total. The van der Waals surface area contributed by atoms with Crippen LogP contribution in [0.2, 0.25) is 0 Å². The van der Waals surface area contributed by atoms with Crippen LogP contribution in [0.5, 0.6) is 0 Å². The van der Waals surface area contributed by atoms with E-state index in [0.29, 0.717) is 42.3 Å². The highest BCUT2D eigenvalue weighted by Gasteiger charge is 2.19. The highest BCUT2D eigenvalue weighted by atomic mass is 32.2. The molecule has 2 aromatic rings. The van der Waals surface area contributed by atoms with Crippen molar-refractivity contribution >= 4 is 22.9 Å². The van der Waals surface area contributed by atoms with Gasteiger partial charge in [-0.3, -0.25) is 18.5 Å². The number of hydrogen-bond acceptors (Lipinski definition) is 6. The Morgan fingerprint density at radius 3 is 2.60 bits per heavy atom. The quantitative estimate of drug-likeness (QED) is 0.526. The Morgan fingerprint density at radius 2 is 2.00 bits per heavy atom. The molecule has 25 heavy (non-hydrogen) atoms. The lowest BCUT2D eigenvalue weighted by Gasteiger charge is -2.10. The highest BCUT2D eigenvalue weighted by Crippen LogP contribution is 2.19. The third-order valence-electron chi connectivity index (χ3n) is 4.06. The normalized spacial score (nSPS) is 12.8. The molecule has 0 aliphatic heterocycles. The van der Waals surface area contributed by atoms with Gasteiger partial charge < -0.3 is 9.84 Å². The Kier molecular flexibility index (Phi) is 6.86. The van der Waals surface area contributed by atoms with Crippen molar-refractivity contribution in [2.45, 2.75) is 57.6 Å². The van der Waals surface area contributed by atoms with E-state index in [-0.39, 0.29) is 24.1 Å². The summed E-state index contributed by atoms with van der Waals surface area (Å²) in [6.45, 7) is 4.68. The van der Waals surface area contributed by atoms with Crippen LogP contribution in [0.3, 0.4) is 0 Å². The number of aliphatic hydroxyl groups is 1. The Hall–Kier alpha value is -1.58. The van der Waals surface area contributed by atoms with Crippen LogP contribution in [-0.2, 0) is 25.1 Å². The molecule has 140 valence electrons. The van der Waals surface area contributed by atoms with Gasteiger partial charge in [-0.05, 0) is 39.4 Å². The maximum Gasteiger partial charge on any atom is 0.332 e. The number of aryl methyl sites for hydroxylation is 1. The second-order valence-electron chi connectivity index (χ2n) is 5.96. The van der Waals surface area contributed by atoms with Gasteiger partial charge in [0, 0.05) is 20.2 Å². The topological polar surface area (TPSA) is 91.3 Å². The largest absolute Gasteiger partial charge is 0.393 e. The lowest BCUT2D eigenvalue weighted by atomic mass is 10.2. The number of rotatable bonds is 9. The lowest BCUT2D eigenvalue weighted by Crippen LogP contribution is -2.39. The highest BCUT2D eigenvalue weighted by molar-refractivity contribution is 7.98. The van der Waals surface area contributed by atoms with Crippen LogP contribution in [0.25, 0.3) is 11.2 Å². The van der Waals surface area contributed by atoms with E-state index < -0.39 is 0 Å². The van der Waals surface area contributed by atoms with Crippen LogP contribution < -0.4 is 11.2 Å². The standard InChI is InChI=1S/C16H26N4O4S/c1-5-24-10-20-12-13(17-15(20)25-4)18(3)16(23)19(14(12)22)9-7-6-8-11(2)21/h11,21H,5-10H2,1-4H3. The molecule has 0 bridgehead atoms. The van der Waals surface area contributed by atoms with Gasteiger partial charge in [0.05, 0.1) is 6.10 Å². The number of unbranched alkanes of at least 4 members (excludes halogenated alkanes) is 1. The molecule has 1 N–H and O–H groups in total. The molecule has 0 aromatic carbocycles. The summed E-state index contributed by atoms with van der Waals surface area (Å²) < 4.78 is 9.84. The van der Waals surface area contributed by atoms with Gasteiger partial charge in [-0.15, -0.1) is 0 Å². The van der Waals surface area contributed by atoms with E-state index in [2.05, 4.69) is 4.98 Å². The zero-order valence-electron chi connectivity index (χ0n) is 15.2. The Balaban J connectivity index is 2.49. The van der Waals surface area contributed by atoms with E-state index in [1.807, 2.05) is 13.2 Å². The maximum atomic E-state index is 12.9. The number of ether oxygens (including phenoxy) is 1. The van der Waals surface area contributed by atoms with Crippen LogP contribution in [0.4, 0.5) is 0 Å². The fourth-order valence-electron chi connectivity index (χ4n) is 2.72. The molecule has 0 spiro atoms. The number of aromatic nitrogens is 4. The molecular weight excluding hydrogens is 344 g/mol. The molecule has 0 saturated carbocycles. The molecule has 0 amide bonds. The van der Waals surface area contributed by atoms with Crippen molar-refractivity contribution in [3.63, 3.8) is 0 Å². The number of aliphatic hydroxyl groups excluding tert-OH is 1. The van der Waals surface area contributed by atoms with Crippen molar-refractivity contribution < 1.29 is 9.84 Å². The summed E-state index contributed by atoms with van der Waals surface area (Å²) in [7, 11) is 1.62. The fourth-order valence-corrected chi connectivity index (χ4v) is 3.26. The Morgan fingerprint density at radius 1 is 1.28 bits per heavy atom. The third-order valence-corrected chi connectivity index (χ3v) is 4.73. The zero-order valence-corrected chi connectivity index (χ0v) is 16.0. The second-order valence-corrected chi connectivity index (χ2v) is 6.74. The summed E-state index contributed by atoms with van der Waals surface area (Å²) in [5, 5.41) is 9.97. The minimum absolute atomic E-state index is 0.221. The molecule has 2 rings (SSSR count). The van der Waals surface area contributed by atoms with Gasteiger partial charge in [-0.1, -0.05) is 11.8 Å². The SMILES string of the molecule is CCOCn1c(SC)nc2c1c(=O)n(CCCCC(C)O)c(=O)n2C. The first-order chi connectivity index (χ1) is 11.9. The summed E-state index contributed by atoms with van der Waals surface area (Å²) in [4.78, 5) is 29.9. The Bertz CT molecular complexity index is 837. The minimum atomic E-state index is -0.376. The van der Waals surface area contributed by atoms with Crippen LogP contribution in [0.15, 0.2) is 14.7 Å². The summed E-state index contributed by atoms with van der Waals surface area (Å²) in [6.07, 6.45) is 3.55. The average molecular weight is 370 g/mol. The first-order valence-corrected chi connectivity index (χ1v) is 9.64. The molecule has 0 saturated heterocycles. The first kappa shape index (κ1) is 19.7. The lowest BCUT2D eigenvalue weighted by molar-refractivity contribution is 0.0847. The molecular formula is C16H26N4O4S. The van der Waals surface area contributed by atoms with Gasteiger partial charge in [0.15, 0.2) is 16.3 Å². The summed E-state index contributed by atoms with van der Waals surface area (Å²) in [6, 6.07) is 0. The molecule has 0 fully saturated rings. The van der Waals surface area contributed by atoms with E-state index in [1.54, 1.807) is 18.5 Å². The van der Waals surface area contributed by atoms with Crippen LogP contribution >= 0.6 is 11.8 Å². The molecule has 9 heteroatoms. The number of nitrogens with zero attached hydrogens (tertiary/aromatic N) is 4. The number of fused-ring (bicyclic) bond motifs is 1. The van der Waals surface area contributed by atoms with Crippen molar-refractivity contribution in [2.75, 3.05) is 12.9 Å². The molecule has 2 heterocycles. The first-order valence-electron chi connectivity index (χ1n) is 8.42. The van der Waals surface area contributed by atoms with Gasteiger partial charge in [0.2, 0.25) is 0 Å². The zero-order chi connectivity index (χ0) is 18.6. The van der Waals surface area contributed by atoms with E-state index in [0.717, 1.165) is 6.42 Å². The van der Waals surface area contributed by atoms with Crippen LogP contribution in [0.1, 0.15) is 33.1 Å². The Labute approximate surface area is 150 Å². The van der Waals surface area contributed by atoms with Gasteiger partial charge in [-0.25, -0.2) is 9.78 Å². The van der Waals surface area contributed by atoms with Gasteiger partial charge in [0.25, 0.3) is 5.56 Å². The predicted octanol–water partition coefficient (Wildman–Crippen LogP) is 1.16. The average Bonchev–Trinajstić information content (AvgIpc) is 2.95. The predicted molar refractivity (Wildman–Crippen MR) is 98.2 cm³/mol. The summed E-state index contributed by atoms with van der Waals surface area (Å²) in [5.41, 5.74) is 0.0422.